The van der Waals surface area contributed by atoms with E-state index in [9.17, 15) is 0 Å². The summed E-state index contributed by atoms with van der Waals surface area (Å²) in [5.41, 5.74) is 10.1. The number of hydrogen-bond acceptors (Lipinski definition) is 3. The SMILES string of the molecule is c1ccc2c(c1)c(-c1ccc3c4ccccc4c4ccccc4c3c1)cc1c(-c3ccc4c5ccccc5c5ccccc5c4c3)cc(-c3ccc(-c4nc5c6ccccc6c6ccccc6c5o4)cc3)nc12. The standard InChI is InChI=1S/C70H40N2O/c1-3-19-49-45(15-1)47-17-5-7-23-53(47)63-37-43(33-35-56(49)63)61-39-65-62(44-34-36-57-50-20-4-2-16-46(50)48-18-6-8-24-54(48)64(57)38-44)40-66(71-67(65)58-26-12-10-25-55(58)61)41-29-31-42(32-30-41)70-72-68-59-27-13-9-21-51(59)52-22-11-14-28-60(52)69(68)73-70/h1-40H. The lowest BCUT2D eigenvalue weighted by Gasteiger charge is -2.17. The summed E-state index contributed by atoms with van der Waals surface area (Å²) in [6, 6.07) is 88.4. The van der Waals surface area contributed by atoms with Gasteiger partial charge in [-0.05, 0) is 139 Å². The third kappa shape index (κ3) is 5.94. The second-order valence-corrected chi connectivity index (χ2v) is 19.5. The number of hydrogen-bond donors (Lipinski definition) is 0. The van der Waals surface area contributed by atoms with E-state index >= 15 is 0 Å². The van der Waals surface area contributed by atoms with Crippen molar-refractivity contribution in [2.75, 3.05) is 0 Å². The van der Waals surface area contributed by atoms with Crippen LogP contribution < -0.4 is 0 Å². The molecule has 16 aromatic rings. The summed E-state index contributed by atoms with van der Waals surface area (Å²) in [6.07, 6.45) is 0. The molecule has 14 aromatic carbocycles. The van der Waals surface area contributed by atoms with Gasteiger partial charge in [-0.15, -0.1) is 0 Å². The molecule has 2 aromatic heterocycles. The zero-order chi connectivity index (χ0) is 47.7. The molecule has 0 spiro atoms. The van der Waals surface area contributed by atoms with E-state index in [1.807, 2.05) is 0 Å². The highest BCUT2D eigenvalue weighted by Gasteiger charge is 2.20. The molecule has 0 aliphatic carbocycles. The Hall–Kier alpha value is -9.70. The highest BCUT2D eigenvalue weighted by Crippen LogP contribution is 2.45. The number of oxazole rings is 1. The Morgan fingerprint density at radius 2 is 0.562 bits per heavy atom. The van der Waals surface area contributed by atoms with Crippen LogP contribution in [-0.2, 0) is 0 Å². The Labute approximate surface area is 418 Å². The lowest BCUT2D eigenvalue weighted by atomic mass is 9.88. The third-order valence-corrected chi connectivity index (χ3v) is 15.6. The first-order chi connectivity index (χ1) is 36.2. The Morgan fingerprint density at radius 1 is 0.219 bits per heavy atom. The van der Waals surface area contributed by atoms with E-state index in [0.717, 1.165) is 76.9 Å². The lowest BCUT2D eigenvalue weighted by molar-refractivity contribution is 0.623. The van der Waals surface area contributed by atoms with Crippen molar-refractivity contribution in [3.63, 3.8) is 0 Å². The highest BCUT2D eigenvalue weighted by molar-refractivity contribution is 6.28. The largest absolute Gasteiger partial charge is 0.435 e. The van der Waals surface area contributed by atoms with Crippen LogP contribution in [0.1, 0.15) is 0 Å². The number of pyridine rings is 1. The number of rotatable bonds is 4. The minimum absolute atomic E-state index is 0.597. The van der Waals surface area contributed by atoms with Gasteiger partial charge in [0.1, 0.15) is 5.52 Å². The highest BCUT2D eigenvalue weighted by atomic mass is 16.3. The molecule has 0 fully saturated rings. The van der Waals surface area contributed by atoms with E-state index < -0.39 is 0 Å². The topological polar surface area (TPSA) is 38.9 Å². The fraction of sp³-hybridized carbons (Fsp3) is 0. The van der Waals surface area contributed by atoms with Crippen LogP contribution in [0, 0.1) is 0 Å². The van der Waals surface area contributed by atoms with Crippen LogP contribution in [0.15, 0.2) is 247 Å². The molecule has 0 aliphatic heterocycles. The van der Waals surface area contributed by atoms with Crippen molar-refractivity contribution in [3.05, 3.63) is 243 Å². The maximum atomic E-state index is 6.68. The summed E-state index contributed by atoms with van der Waals surface area (Å²) in [5, 5.41) is 23.0. The first-order valence-electron chi connectivity index (χ1n) is 25.0. The normalized spacial score (nSPS) is 12.1. The van der Waals surface area contributed by atoms with Gasteiger partial charge in [0.25, 0.3) is 0 Å². The molecule has 0 bridgehead atoms. The van der Waals surface area contributed by atoms with E-state index in [-0.39, 0.29) is 0 Å². The summed E-state index contributed by atoms with van der Waals surface area (Å²) in [6.45, 7) is 0. The molecular formula is C70H40N2O. The van der Waals surface area contributed by atoms with Gasteiger partial charge in [-0.2, -0.15) is 0 Å². The molecule has 3 heteroatoms. The quantitative estimate of drug-likeness (QED) is 0.165. The fourth-order valence-electron chi connectivity index (χ4n) is 12.3. The van der Waals surface area contributed by atoms with Gasteiger partial charge in [-0.3, -0.25) is 0 Å². The first-order valence-corrected chi connectivity index (χ1v) is 25.0. The summed E-state index contributed by atoms with van der Waals surface area (Å²) in [7, 11) is 0. The maximum absolute atomic E-state index is 6.68. The van der Waals surface area contributed by atoms with Gasteiger partial charge in [0.15, 0.2) is 5.58 Å². The molecule has 73 heavy (non-hydrogen) atoms. The van der Waals surface area contributed by atoms with Gasteiger partial charge in [0.2, 0.25) is 5.89 Å². The van der Waals surface area contributed by atoms with Gasteiger partial charge < -0.3 is 4.42 Å². The summed E-state index contributed by atoms with van der Waals surface area (Å²) >= 11 is 0. The molecule has 0 N–H and O–H groups in total. The fourth-order valence-corrected chi connectivity index (χ4v) is 12.3. The summed E-state index contributed by atoms with van der Waals surface area (Å²) in [5.74, 6) is 0.597. The van der Waals surface area contributed by atoms with Crippen molar-refractivity contribution in [1.29, 1.82) is 0 Å². The maximum Gasteiger partial charge on any atom is 0.227 e. The second kappa shape index (κ2) is 15.4. The van der Waals surface area contributed by atoms with E-state index in [1.54, 1.807) is 0 Å². The number of fused-ring (bicyclic) bond motifs is 21. The molecule has 0 amide bonds. The van der Waals surface area contributed by atoms with E-state index in [1.165, 1.54) is 81.1 Å². The predicted molar refractivity (Wildman–Crippen MR) is 309 cm³/mol. The van der Waals surface area contributed by atoms with Crippen LogP contribution in [0.4, 0.5) is 0 Å². The average molecular weight is 925 g/mol. The molecule has 2 heterocycles. The smallest absolute Gasteiger partial charge is 0.227 e. The van der Waals surface area contributed by atoms with Crippen molar-refractivity contribution < 1.29 is 4.42 Å². The number of nitrogens with zero attached hydrogens (tertiary/aromatic N) is 2. The van der Waals surface area contributed by atoms with E-state index in [4.69, 9.17) is 14.4 Å². The molecule has 336 valence electrons. The van der Waals surface area contributed by atoms with Crippen LogP contribution in [0.25, 0.3) is 164 Å². The predicted octanol–water partition coefficient (Wildman–Crippen LogP) is 19.4. The van der Waals surface area contributed by atoms with Crippen LogP contribution >= 0.6 is 0 Å². The molecule has 0 saturated heterocycles. The zero-order valence-corrected chi connectivity index (χ0v) is 39.4. The number of benzene rings is 14. The van der Waals surface area contributed by atoms with Gasteiger partial charge in [-0.25, -0.2) is 9.97 Å². The second-order valence-electron chi connectivity index (χ2n) is 19.5. The molecular weight excluding hydrogens is 885 g/mol. The Balaban J connectivity index is 0.929. The van der Waals surface area contributed by atoms with Crippen LogP contribution in [0.2, 0.25) is 0 Å². The monoisotopic (exact) mass is 924 g/mol. The molecule has 0 atom stereocenters. The Kier molecular flexibility index (Phi) is 8.45. The number of aromatic nitrogens is 2. The van der Waals surface area contributed by atoms with Gasteiger partial charge in [0, 0.05) is 32.7 Å². The van der Waals surface area contributed by atoms with Gasteiger partial charge >= 0.3 is 0 Å². The summed E-state index contributed by atoms with van der Waals surface area (Å²) < 4.78 is 6.68. The van der Waals surface area contributed by atoms with Gasteiger partial charge in [0.05, 0.1) is 11.2 Å². The van der Waals surface area contributed by atoms with Crippen molar-refractivity contribution in [2.45, 2.75) is 0 Å². The molecule has 0 saturated carbocycles. The minimum atomic E-state index is 0.597. The van der Waals surface area contributed by atoms with Crippen molar-refractivity contribution in [1.82, 2.24) is 9.97 Å². The van der Waals surface area contributed by atoms with Crippen LogP contribution in [0.5, 0.6) is 0 Å². The van der Waals surface area contributed by atoms with Crippen molar-refractivity contribution in [2.24, 2.45) is 0 Å². The molecule has 3 nitrogen and oxygen atoms in total. The molecule has 16 rings (SSSR count). The van der Waals surface area contributed by atoms with Crippen LogP contribution in [0.3, 0.4) is 0 Å². The van der Waals surface area contributed by atoms with Gasteiger partial charge in [-0.1, -0.05) is 206 Å². The Morgan fingerprint density at radius 3 is 1.05 bits per heavy atom. The Bertz CT molecular complexity index is 4880. The van der Waals surface area contributed by atoms with E-state index in [2.05, 4.69) is 243 Å². The molecule has 0 aliphatic rings. The summed E-state index contributed by atoms with van der Waals surface area (Å²) in [4.78, 5) is 10.8. The van der Waals surface area contributed by atoms with Crippen molar-refractivity contribution >= 4 is 119 Å². The average Bonchev–Trinajstić information content (AvgIpc) is 3.93. The minimum Gasteiger partial charge on any atom is -0.435 e. The van der Waals surface area contributed by atoms with E-state index in [0.29, 0.717) is 5.89 Å². The first kappa shape index (κ1) is 40.1. The molecule has 0 radical (unpaired) electrons. The van der Waals surface area contributed by atoms with Crippen LogP contribution in [-0.4, -0.2) is 9.97 Å². The zero-order valence-electron chi connectivity index (χ0n) is 39.4. The van der Waals surface area contributed by atoms with Crippen molar-refractivity contribution in [3.8, 4) is 45.0 Å². The lowest BCUT2D eigenvalue weighted by Crippen LogP contribution is -1.94. The molecule has 0 unspecified atom stereocenters. The third-order valence-electron chi connectivity index (χ3n) is 15.6.